The number of esters is 1. The molecule has 0 bridgehead atoms. The number of benzene rings is 1. The number of carbonyl (C=O) groups excluding carboxylic acids is 2. The second-order valence-corrected chi connectivity index (χ2v) is 8.30. The smallest absolute Gasteiger partial charge is 0.339 e. The molecule has 10 nitrogen and oxygen atoms in total. The Hall–Kier alpha value is -4.75. The number of ether oxygens (including phenoxy) is 1. The second kappa shape index (κ2) is 14.7. The van der Waals surface area contributed by atoms with Crippen LogP contribution >= 0.6 is 0 Å². The number of aliphatic carboxylic acids is 2. The molecule has 0 saturated carbocycles. The van der Waals surface area contributed by atoms with E-state index in [0.717, 1.165) is 11.1 Å². The third-order valence-corrected chi connectivity index (χ3v) is 5.31. The Bertz CT molecular complexity index is 1230. The number of aliphatic hydroxyl groups is 1. The van der Waals surface area contributed by atoms with E-state index >= 15 is 0 Å². The topological polar surface area (TPSA) is 165 Å². The molecule has 0 aromatic heterocycles. The van der Waals surface area contributed by atoms with E-state index in [-0.39, 0.29) is 46.8 Å². The summed E-state index contributed by atoms with van der Waals surface area (Å²) in [5.74, 6) is -5.29. The van der Waals surface area contributed by atoms with E-state index in [0.29, 0.717) is 0 Å². The summed E-state index contributed by atoms with van der Waals surface area (Å²) in [5.41, 5.74) is 0.0768. The van der Waals surface area contributed by atoms with Crippen molar-refractivity contribution in [3.63, 3.8) is 0 Å². The van der Waals surface area contributed by atoms with Crippen molar-refractivity contribution in [2.45, 2.75) is 27.2 Å². The lowest BCUT2D eigenvalue weighted by Gasteiger charge is -2.21. The predicted octanol–water partition coefficient (Wildman–Crippen LogP) is 3.77. The molecular weight excluding hydrogens is 492 g/mol. The molecule has 1 aromatic rings. The average molecular weight is 523 g/mol. The van der Waals surface area contributed by atoms with Gasteiger partial charge in [0, 0.05) is 53.1 Å². The molecule has 0 spiro atoms. The maximum atomic E-state index is 12.9. The van der Waals surface area contributed by atoms with E-state index in [1.807, 2.05) is 6.07 Å². The van der Waals surface area contributed by atoms with Gasteiger partial charge in [-0.3, -0.25) is 9.69 Å². The summed E-state index contributed by atoms with van der Waals surface area (Å²) in [7, 11) is 0. The first kappa shape index (κ1) is 31.3. The van der Waals surface area contributed by atoms with Crippen LogP contribution in [0.15, 0.2) is 84.1 Å². The SMILES string of the molecule is C=C(C)C(=O)N(C=C(C(=O)O)C(C)C=C(C)C(=O)O)c1ccc(OC(=O)C(=C)C(C=CC#N)CCO)cc1. The predicted molar refractivity (Wildman–Crippen MR) is 140 cm³/mol. The number of hydrogen-bond acceptors (Lipinski definition) is 7. The first-order valence-corrected chi connectivity index (χ1v) is 11.4. The van der Waals surface area contributed by atoms with Crippen molar-refractivity contribution in [2.75, 3.05) is 11.5 Å². The molecule has 2 atom stereocenters. The normalized spacial score (nSPS) is 13.2. The quantitative estimate of drug-likeness (QED) is 0.151. The van der Waals surface area contributed by atoms with Crippen LogP contribution < -0.4 is 9.64 Å². The van der Waals surface area contributed by atoms with Gasteiger partial charge >= 0.3 is 17.9 Å². The Morgan fingerprint density at radius 3 is 2.18 bits per heavy atom. The summed E-state index contributed by atoms with van der Waals surface area (Å²) in [6, 6.07) is 7.43. The number of carboxylic acids is 2. The van der Waals surface area contributed by atoms with Crippen LogP contribution in [0.2, 0.25) is 0 Å². The molecular formula is C28H30N2O8. The minimum absolute atomic E-state index is 0.0291. The van der Waals surface area contributed by atoms with Gasteiger partial charge in [0.15, 0.2) is 0 Å². The Balaban J connectivity index is 3.33. The average Bonchev–Trinajstić information content (AvgIpc) is 2.86. The zero-order valence-electron chi connectivity index (χ0n) is 21.4. The van der Waals surface area contributed by atoms with Crippen molar-refractivity contribution in [2.24, 2.45) is 11.8 Å². The molecule has 3 N–H and O–H groups in total. The van der Waals surface area contributed by atoms with Gasteiger partial charge < -0.3 is 20.1 Å². The number of nitriles is 1. The molecule has 0 saturated heterocycles. The lowest BCUT2D eigenvalue weighted by molar-refractivity contribution is -0.134. The molecule has 10 heteroatoms. The van der Waals surface area contributed by atoms with Gasteiger partial charge in [0.25, 0.3) is 5.91 Å². The Morgan fingerprint density at radius 2 is 1.71 bits per heavy atom. The maximum Gasteiger partial charge on any atom is 0.339 e. The molecule has 200 valence electrons. The van der Waals surface area contributed by atoms with E-state index in [1.54, 1.807) is 0 Å². The first-order valence-electron chi connectivity index (χ1n) is 11.4. The Labute approximate surface area is 220 Å². The van der Waals surface area contributed by atoms with Crippen LogP contribution in [-0.2, 0) is 19.2 Å². The summed E-state index contributed by atoms with van der Waals surface area (Å²) >= 11 is 0. The fraction of sp³-hybridized carbons (Fsp3) is 0.250. The summed E-state index contributed by atoms with van der Waals surface area (Å²) < 4.78 is 5.32. The standard InChI is InChI=1S/C28H30N2O8/c1-17(2)25(32)30(16-24(27(35)36)18(3)15-19(4)26(33)34)22-8-10-23(11-9-22)38-28(37)20(5)21(12-14-31)7-6-13-29/h6-11,15-16,18,21,31H,1,5,12,14H2,2-4H3,(H,33,34)(H,35,36). The van der Waals surface area contributed by atoms with Gasteiger partial charge in [-0.1, -0.05) is 32.2 Å². The van der Waals surface area contributed by atoms with Crippen molar-refractivity contribution < 1.29 is 39.2 Å². The van der Waals surface area contributed by atoms with E-state index in [1.165, 1.54) is 63.3 Å². The number of nitrogens with zero attached hydrogens (tertiary/aromatic N) is 2. The lowest BCUT2D eigenvalue weighted by Crippen LogP contribution is -2.28. The minimum Gasteiger partial charge on any atom is -0.478 e. The molecule has 0 aliphatic rings. The minimum atomic E-state index is -1.35. The number of rotatable bonds is 13. The highest BCUT2D eigenvalue weighted by Gasteiger charge is 2.23. The second-order valence-electron chi connectivity index (χ2n) is 8.30. The summed E-state index contributed by atoms with van der Waals surface area (Å²) in [4.78, 5) is 49.5. The Morgan fingerprint density at radius 1 is 1.11 bits per heavy atom. The van der Waals surface area contributed by atoms with Gasteiger partial charge in [-0.25, -0.2) is 14.4 Å². The monoisotopic (exact) mass is 522 g/mol. The van der Waals surface area contributed by atoms with Crippen LogP contribution in [0, 0.1) is 23.2 Å². The third kappa shape index (κ3) is 9.04. The molecule has 0 fully saturated rings. The summed E-state index contributed by atoms with van der Waals surface area (Å²) in [6.07, 6.45) is 5.14. The number of carbonyl (C=O) groups is 4. The van der Waals surface area contributed by atoms with Crippen molar-refractivity contribution in [1.29, 1.82) is 5.26 Å². The molecule has 1 rings (SSSR count). The molecule has 1 amide bonds. The zero-order valence-corrected chi connectivity index (χ0v) is 21.4. The van der Waals surface area contributed by atoms with Gasteiger partial charge in [-0.2, -0.15) is 5.26 Å². The van der Waals surface area contributed by atoms with Crippen LogP contribution in [0.3, 0.4) is 0 Å². The van der Waals surface area contributed by atoms with E-state index < -0.39 is 35.7 Å². The largest absolute Gasteiger partial charge is 0.478 e. The fourth-order valence-corrected chi connectivity index (χ4v) is 3.18. The fourth-order valence-electron chi connectivity index (χ4n) is 3.18. The van der Waals surface area contributed by atoms with Gasteiger partial charge in [0.05, 0.1) is 11.6 Å². The van der Waals surface area contributed by atoms with E-state index in [4.69, 9.17) is 15.1 Å². The van der Waals surface area contributed by atoms with Gasteiger partial charge in [-0.15, -0.1) is 0 Å². The van der Waals surface area contributed by atoms with Crippen LogP contribution in [0.5, 0.6) is 5.75 Å². The zero-order chi connectivity index (χ0) is 29.0. The summed E-state index contributed by atoms with van der Waals surface area (Å²) in [6.45, 7) is 11.3. The van der Waals surface area contributed by atoms with Crippen LogP contribution in [0.1, 0.15) is 27.2 Å². The van der Waals surface area contributed by atoms with Crippen molar-refractivity contribution in [1.82, 2.24) is 0 Å². The highest BCUT2D eigenvalue weighted by atomic mass is 16.5. The number of carboxylic acid groups (broad SMARTS) is 2. The van der Waals surface area contributed by atoms with Gasteiger partial charge in [0.2, 0.25) is 0 Å². The van der Waals surface area contributed by atoms with E-state index in [9.17, 15) is 29.4 Å². The molecule has 38 heavy (non-hydrogen) atoms. The molecule has 2 unspecified atom stereocenters. The molecule has 0 aliphatic heterocycles. The highest BCUT2D eigenvalue weighted by Crippen LogP contribution is 2.26. The van der Waals surface area contributed by atoms with Crippen molar-refractivity contribution >= 4 is 29.5 Å². The lowest BCUT2D eigenvalue weighted by atomic mass is 9.96. The van der Waals surface area contributed by atoms with Crippen LogP contribution in [0.25, 0.3) is 0 Å². The van der Waals surface area contributed by atoms with Crippen molar-refractivity contribution in [3.05, 3.63) is 84.1 Å². The van der Waals surface area contributed by atoms with Gasteiger partial charge in [0.1, 0.15) is 5.75 Å². The van der Waals surface area contributed by atoms with Crippen LogP contribution in [0.4, 0.5) is 5.69 Å². The molecule has 0 heterocycles. The van der Waals surface area contributed by atoms with Gasteiger partial charge in [-0.05, 0) is 44.5 Å². The highest BCUT2D eigenvalue weighted by molar-refractivity contribution is 6.07. The number of aliphatic hydroxyl groups excluding tert-OH is 1. The number of amides is 1. The summed E-state index contributed by atoms with van der Waals surface area (Å²) in [5, 5.41) is 36.8. The van der Waals surface area contributed by atoms with Crippen molar-refractivity contribution in [3.8, 4) is 11.8 Å². The third-order valence-electron chi connectivity index (χ3n) is 5.31. The maximum absolute atomic E-state index is 12.9. The Kier molecular flexibility index (Phi) is 12.1. The molecule has 1 aromatic carbocycles. The molecule has 0 aliphatic carbocycles. The van der Waals surface area contributed by atoms with Crippen LogP contribution in [-0.4, -0.2) is 45.7 Å². The first-order chi connectivity index (χ1) is 17.8. The number of hydrogen-bond donors (Lipinski definition) is 3. The number of anilines is 1. The number of allylic oxidation sites excluding steroid dienone is 3. The van der Waals surface area contributed by atoms with E-state index in [2.05, 4.69) is 13.2 Å². The molecule has 0 radical (unpaired) electrons.